The molecule has 2 unspecified atom stereocenters. The molecule has 4 saturated carbocycles. The van der Waals surface area contributed by atoms with E-state index >= 15 is 0 Å². The minimum atomic E-state index is -0.984. The highest BCUT2D eigenvalue weighted by atomic mass is 16.6. The first-order valence-electron chi connectivity index (χ1n) is 22.4. The highest BCUT2D eigenvalue weighted by Gasteiger charge is 2.60. The summed E-state index contributed by atoms with van der Waals surface area (Å²) < 4.78 is 22.7. The van der Waals surface area contributed by atoms with Gasteiger partial charge in [-0.3, -0.25) is 19.2 Å². The van der Waals surface area contributed by atoms with Crippen molar-refractivity contribution >= 4 is 52.9 Å². The van der Waals surface area contributed by atoms with Gasteiger partial charge in [0.05, 0.1) is 40.0 Å². The summed E-state index contributed by atoms with van der Waals surface area (Å²) in [6.45, 7) is 11.4. The Morgan fingerprint density at radius 3 is 1.75 bits per heavy atom. The standard InChI is InChI=1S/C54H54N2O12/c1-7-40(57)28-65-50(63)42-18-16-37(22-44(42)46(59)55-6)52(4,5)38-17-19-43(51(64)66-29-41(58)8-2)45(23-38)47(60)56-39-11-9-10-36(21-39)49(62)68-54-26-33-20-34(27-54)25-53(24-33,30-54)31-67-48(61)35-14-12-32(3)13-15-35/h7-19,21-23,33-34H,1-2,20,24-31H2,3-6H3,(H,55,59)(H,56,60). The molecule has 4 aliphatic carbocycles. The van der Waals surface area contributed by atoms with Gasteiger partial charge in [-0.15, -0.1) is 0 Å². The van der Waals surface area contributed by atoms with E-state index in [0.717, 1.165) is 37.0 Å². The van der Waals surface area contributed by atoms with E-state index in [1.807, 2.05) is 32.9 Å². The molecule has 4 fully saturated rings. The number of esters is 4. The lowest BCUT2D eigenvalue weighted by molar-refractivity contribution is -0.177. The molecule has 0 aromatic heterocycles. The summed E-state index contributed by atoms with van der Waals surface area (Å²) in [5, 5.41) is 5.32. The third-order valence-electron chi connectivity index (χ3n) is 13.4. The molecule has 0 aliphatic heterocycles. The number of hydrogen-bond donors (Lipinski definition) is 2. The van der Waals surface area contributed by atoms with Crippen molar-refractivity contribution in [1.29, 1.82) is 0 Å². The molecule has 0 radical (unpaired) electrons. The van der Waals surface area contributed by atoms with E-state index in [1.165, 1.54) is 37.4 Å². The van der Waals surface area contributed by atoms with E-state index in [2.05, 4.69) is 23.8 Å². The minimum absolute atomic E-state index is 0.0281. The van der Waals surface area contributed by atoms with Crippen LogP contribution < -0.4 is 10.6 Å². The zero-order chi connectivity index (χ0) is 49.0. The Hall–Kier alpha value is -7.48. The average Bonchev–Trinajstić information content (AvgIpc) is 3.32. The van der Waals surface area contributed by atoms with Gasteiger partial charge in [0.15, 0.2) is 24.8 Å². The molecule has 2 atom stereocenters. The molecule has 4 aromatic carbocycles. The summed E-state index contributed by atoms with van der Waals surface area (Å²) >= 11 is 0. The zero-order valence-electron chi connectivity index (χ0n) is 38.6. The second kappa shape index (κ2) is 19.8. The van der Waals surface area contributed by atoms with Crippen molar-refractivity contribution in [1.82, 2.24) is 5.32 Å². The molecule has 0 heterocycles. The van der Waals surface area contributed by atoms with Crippen LogP contribution >= 0.6 is 0 Å². The predicted octanol–water partition coefficient (Wildman–Crippen LogP) is 8.11. The molecule has 8 rings (SSSR count). The van der Waals surface area contributed by atoms with Gasteiger partial charge in [0.25, 0.3) is 11.8 Å². The van der Waals surface area contributed by atoms with Gasteiger partial charge in [0.1, 0.15) is 5.60 Å². The van der Waals surface area contributed by atoms with Crippen LogP contribution in [0.4, 0.5) is 5.69 Å². The number of nitrogens with one attached hydrogen (secondary N) is 2. The number of rotatable bonds is 18. The van der Waals surface area contributed by atoms with Gasteiger partial charge in [-0.2, -0.15) is 0 Å². The Bertz CT molecular complexity index is 2720. The van der Waals surface area contributed by atoms with E-state index in [0.29, 0.717) is 47.8 Å². The lowest BCUT2D eigenvalue weighted by Gasteiger charge is -2.60. The number of benzene rings is 4. The van der Waals surface area contributed by atoms with E-state index in [9.17, 15) is 38.4 Å². The maximum Gasteiger partial charge on any atom is 0.339 e. The fourth-order valence-corrected chi connectivity index (χ4v) is 10.3. The van der Waals surface area contributed by atoms with Crippen molar-refractivity contribution < 1.29 is 57.3 Å². The van der Waals surface area contributed by atoms with Gasteiger partial charge in [-0.05, 0) is 135 Å². The van der Waals surface area contributed by atoms with Gasteiger partial charge in [-0.25, -0.2) is 19.2 Å². The maximum atomic E-state index is 14.3. The molecular weight excluding hydrogens is 869 g/mol. The molecule has 4 bridgehead atoms. The van der Waals surface area contributed by atoms with Crippen molar-refractivity contribution in [2.24, 2.45) is 17.3 Å². The summed E-state index contributed by atoms with van der Waals surface area (Å²) in [6, 6.07) is 22.5. The fourth-order valence-electron chi connectivity index (χ4n) is 10.3. The molecule has 68 heavy (non-hydrogen) atoms. The first-order chi connectivity index (χ1) is 32.4. The first-order valence-corrected chi connectivity index (χ1v) is 22.4. The molecule has 0 saturated heterocycles. The molecule has 352 valence electrons. The van der Waals surface area contributed by atoms with Crippen molar-refractivity contribution in [2.45, 2.75) is 70.3 Å². The minimum Gasteiger partial charge on any atom is -0.462 e. The number of aryl methyl sites for hydroxylation is 1. The van der Waals surface area contributed by atoms with Crippen LogP contribution in [0.1, 0.15) is 131 Å². The van der Waals surface area contributed by atoms with Crippen molar-refractivity contribution in [3.8, 4) is 0 Å². The fraction of sp³-hybridized carbons (Fsp3) is 0.333. The number of ketones is 2. The molecule has 2 N–H and O–H groups in total. The summed E-state index contributed by atoms with van der Waals surface area (Å²) in [7, 11) is 1.40. The molecule has 14 heteroatoms. The number of carbonyl (C=O) groups is 8. The molecule has 2 amide bonds. The van der Waals surface area contributed by atoms with Crippen LogP contribution in [0.15, 0.2) is 110 Å². The molecule has 14 nitrogen and oxygen atoms in total. The number of anilines is 1. The summed E-state index contributed by atoms with van der Waals surface area (Å²) in [4.78, 5) is 105. The smallest absolute Gasteiger partial charge is 0.339 e. The Labute approximate surface area is 394 Å². The Kier molecular flexibility index (Phi) is 14.1. The van der Waals surface area contributed by atoms with Crippen LogP contribution in [0, 0.1) is 24.2 Å². The van der Waals surface area contributed by atoms with E-state index < -0.39 is 65.5 Å². The van der Waals surface area contributed by atoms with E-state index in [1.54, 1.807) is 42.5 Å². The lowest BCUT2D eigenvalue weighted by Crippen LogP contribution is -2.58. The maximum absolute atomic E-state index is 14.3. The second-order valence-corrected chi connectivity index (χ2v) is 18.7. The monoisotopic (exact) mass is 922 g/mol. The van der Waals surface area contributed by atoms with Crippen molar-refractivity contribution in [2.75, 3.05) is 32.2 Å². The highest BCUT2D eigenvalue weighted by molar-refractivity contribution is 6.12. The van der Waals surface area contributed by atoms with Crippen molar-refractivity contribution in [3.05, 3.63) is 160 Å². The number of amides is 2. The molecule has 4 aliphatic rings. The van der Waals surface area contributed by atoms with Crippen LogP contribution in [0.5, 0.6) is 0 Å². The van der Waals surface area contributed by atoms with Crippen LogP contribution in [-0.4, -0.2) is 79.7 Å². The average molecular weight is 923 g/mol. The highest BCUT2D eigenvalue weighted by Crippen LogP contribution is 2.63. The first kappa shape index (κ1) is 48.5. The Morgan fingerprint density at radius 2 is 1.21 bits per heavy atom. The Morgan fingerprint density at radius 1 is 0.647 bits per heavy atom. The largest absolute Gasteiger partial charge is 0.462 e. The summed E-state index contributed by atoms with van der Waals surface area (Å²) in [5.41, 5.74) is 0.578. The molecule has 4 aromatic rings. The second-order valence-electron chi connectivity index (χ2n) is 18.7. The van der Waals surface area contributed by atoms with Gasteiger partial charge in [0.2, 0.25) is 0 Å². The van der Waals surface area contributed by atoms with Gasteiger partial charge in [-0.1, -0.05) is 62.9 Å². The normalized spacial score (nSPS) is 20.0. The zero-order valence-corrected chi connectivity index (χ0v) is 38.6. The van der Waals surface area contributed by atoms with Crippen LogP contribution in [0.2, 0.25) is 0 Å². The topological polar surface area (TPSA) is 198 Å². The van der Waals surface area contributed by atoms with E-state index in [4.69, 9.17) is 18.9 Å². The summed E-state index contributed by atoms with van der Waals surface area (Å²) in [6.07, 6.45) is 6.85. The lowest BCUT2D eigenvalue weighted by atomic mass is 9.48. The van der Waals surface area contributed by atoms with E-state index in [-0.39, 0.29) is 51.5 Å². The predicted molar refractivity (Wildman–Crippen MR) is 250 cm³/mol. The third-order valence-corrected chi connectivity index (χ3v) is 13.4. The van der Waals surface area contributed by atoms with Crippen molar-refractivity contribution in [3.63, 3.8) is 0 Å². The van der Waals surface area contributed by atoms with Gasteiger partial charge < -0.3 is 29.6 Å². The Balaban J connectivity index is 1.12. The number of carbonyl (C=O) groups excluding carboxylic acids is 8. The van der Waals surface area contributed by atoms with Crippen LogP contribution in [-0.2, 0) is 34.0 Å². The van der Waals surface area contributed by atoms with Crippen LogP contribution in [0.25, 0.3) is 0 Å². The van der Waals surface area contributed by atoms with Crippen LogP contribution in [0.3, 0.4) is 0 Å². The van der Waals surface area contributed by atoms with Gasteiger partial charge >= 0.3 is 23.9 Å². The van der Waals surface area contributed by atoms with Gasteiger partial charge in [0, 0.05) is 23.6 Å². The molecular formula is C54H54N2O12. The number of ether oxygens (including phenoxy) is 4. The quantitative estimate of drug-likeness (QED) is 0.0553. The SMILES string of the molecule is C=CC(=O)COC(=O)c1ccc(C(C)(C)c2ccc(C(=O)OCC(=O)C=C)c(C(=O)Nc3cccc(C(=O)OC45CC6CC(CC(COC(=O)c7ccc(C)cc7)(C6)C4)C5)c3)c2)cc1C(=O)NC. The third kappa shape index (κ3) is 10.5. The summed E-state index contributed by atoms with van der Waals surface area (Å²) in [5.74, 6) is -4.55. The number of hydrogen-bond acceptors (Lipinski definition) is 12. The molecule has 0 spiro atoms.